The zero-order valence-corrected chi connectivity index (χ0v) is 11.6. The third-order valence-corrected chi connectivity index (χ3v) is 3.14. The van der Waals surface area contributed by atoms with Crippen molar-refractivity contribution in [3.63, 3.8) is 0 Å². The molecule has 4 nitrogen and oxygen atoms in total. The van der Waals surface area contributed by atoms with E-state index >= 15 is 0 Å². The smallest absolute Gasteiger partial charge is 0.248 e. The van der Waals surface area contributed by atoms with Crippen LogP contribution in [0, 0.1) is 6.92 Å². The van der Waals surface area contributed by atoms with Crippen molar-refractivity contribution >= 4 is 11.6 Å². The molecule has 1 unspecified atom stereocenters. The van der Waals surface area contributed by atoms with Gasteiger partial charge in [0.1, 0.15) is 6.04 Å². The molecule has 1 aromatic carbocycles. The number of carbonyl (C=O) groups excluding carboxylic acids is 1. The van der Waals surface area contributed by atoms with Crippen LogP contribution < -0.4 is 5.32 Å². The zero-order valence-electron chi connectivity index (χ0n) is 11.6. The van der Waals surface area contributed by atoms with Crippen molar-refractivity contribution in [3.8, 4) is 0 Å². The number of hydrogen-bond acceptors (Lipinski definition) is 2. The minimum atomic E-state index is -0.320. The average molecular weight is 257 g/mol. The Morgan fingerprint density at radius 1 is 1.37 bits per heavy atom. The van der Waals surface area contributed by atoms with Gasteiger partial charge in [0.25, 0.3) is 0 Å². The summed E-state index contributed by atoms with van der Waals surface area (Å²) >= 11 is 0. The maximum Gasteiger partial charge on any atom is 0.248 e. The minimum absolute atomic E-state index is 0.0626. The molecule has 1 heterocycles. The van der Waals surface area contributed by atoms with E-state index in [-0.39, 0.29) is 11.9 Å². The maximum atomic E-state index is 12.1. The summed E-state index contributed by atoms with van der Waals surface area (Å²) in [6.07, 6.45) is 4.61. The molecule has 0 aliphatic carbocycles. The van der Waals surface area contributed by atoms with Gasteiger partial charge in [-0.25, -0.2) is 0 Å². The monoisotopic (exact) mass is 257 g/mol. The quantitative estimate of drug-likeness (QED) is 0.915. The normalized spacial score (nSPS) is 12.2. The molecule has 1 amide bonds. The van der Waals surface area contributed by atoms with Crippen molar-refractivity contribution in [2.75, 3.05) is 5.32 Å². The molecule has 2 rings (SSSR count). The fraction of sp³-hybridized carbons (Fsp3) is 0.333. The number of aryl methyl sites for hydroxylation is 2. The topological polar surface area (TPSA) is 46.9 Å². The molecule has 0 saturated heterocycles. The molecular formula is C15H19N3O. The second kappa shape index (κ2) is 5.69. The summed E-state index contributed by atoms with van der Waals surface area (Å²) in [5.41, 5.74) is 3.12. The van der Waals surface area contributed by atoms with Gasteiger partial charge in [0.2, 0.25) is 5.91 Å². The maximum absolute atomic E-state index is 12.1. The van der Waals surface area contributed by atoms with Crippen LogP contribution in [0.3, 0.4) is 0 Å². The van der Waals surface area contributed by atoms with Gasteiger partial charge in [0.05, 0.1) is 6.20 Å². The Balaban J connectivity index is 2.03. The molecule has 0 fully saturated rings. The van der Waals surface area contributed by atoms with Crippen molar-refractivity contribution in [1.29, 1.82) is 0 Å². The molecule has 100 valence electrons. The number of aromatic nitrogens is 2. The number of nitrogens with one attached hydrogen (secondary N) is 1. The summed E-state index contributed by atoms with van der Waals surface area (Å²) in [6.45, 7) is 5.90. The molecule has 19 heavy (non-hydrogen) atoms. The largest absolute Gasteiger partial charge is 0.324 e. The highest BCUT2D eigenvalue weighted by molar-refractivity contribution is 5.93. The molecule has 1 atom stereocenters. The molecule has 0 aliphatic heterocycles. The lowest BCUT2D eigenvalue weighted by Gasteiger charge is -2.12. The Bertz CT molecular complexity index is 557. The van der Waals surface area contributed by atoms with Crippen molar-refractivity contribution in [2.45, 2.75) is 33.2 Å². The molecule has 0 radical (unpaired) electrons. The molecule has 0 spiro atoms. The summed E-state index contributed by atoms with van der Waals surface area (Å²) < 4.78 is 1.67. The van der Waals surface area contributed by atoms with Gasteiger partial charge in [-0.3, -0.25) is 9.48 Å². The van der Waals surface area contributed by atoms with Crippen LogP contribution in [-0.4, -0.2) is 15.7 Å². The molecule has 0 saturated carbocycles. The molecule has 1 aromatic heterocycles. The second-order valence-electron chi connectivity index (χ2n) is 4.71. The Kier molecular flexibility index (Phi) is 4.00. The fourth-order valence-electron chi connectivity index (χ4n) is 1.84. The predicted octanol–water partition coefficient (Wildman–Crippen LogP) is 2.95. The van der Waals surface area contributed by atoms with Gasteiger partial charge in [-0.15, -0.1) is 0 Å². The van der Waals surface area contributed by atoms with E-state index in [0.29, 0.717) is 0 Å². The Morgan fingerprint density at radius 3 is 2.58 bits per heavy atom. The van der Waals surface area contributed by atoms with Crippen LogP contribution >= 0.6 is 0 Å². The predicted molar refractivity (Wildman–Crippen MR) is 76.1 cm³/mol. The lowest BCUT2D eigenvalue weighted by molar-refractivity contribution is -0.119. The number of amides is 1. The van der Waals surface area contributed by atoms with E-state index in [2.05, 4.69) is 17.3 Å². The Labute approximate surface area is 113 Å². The summed E-state index contributed by atoms with van der Waals surface area (Å²) in [7, 11) is 0. The van der Waals surface area contributed by atoms with E-state index in [9.17, 15) is 4.79 Å². The second-order valence-corrected chi connectivity index (χ2v) is 4.71. The first kappa shape index (κ1) is 13.3. The lowest BCUT2D eigenvalue weighted by atomic mass is 10.1. The van der Waals surface area contributed by atoms with Gasteiger partial charge in [-0.05, 0) is 43.5 Å². The Morgan fingerprint density at radius 2 is 2.05 bits per heavy atom. The van der Waals surface area contributed by atoms with E-state index in [1.807, 2.05) is 44.3 Å². The number of hydrogen-bond donors (Lipinski definition) is 1. The number of nitrogens with zero attached hydrogens (tertiary/aromatic N) is 2. The van der Waals surface area contributed by atoms with Gasteiger partial charge < -0.3 is 5.32 Å². The molecular weight excluding hydrogens is 238 g/mol. The van der Waals surface area contributed by atoms with E-state index in [4.69, 9.17) is 0 Å². The van der Waals surface area contributed by atoms with Crippen LogP contribution in [0.1, 0.15) is 31.0 Å². The van der Waals surface area contributed by atoms with Crippen LogP contribution in [0.4, 0.5) is 5.69 Å². The summed E-state index contributed by atoms with van der Waals surface area (Å²) in [6, 6.07) is 7.59. The van der Waals surface area contributed by atoms with Crippen molar-refractivity contribution in [1.82, 2.24) is 9.78 Å². The highest BCUT2D eigenvalue weighted by Gasteiger charge is 2.15. The molecule has 0 aliphatic rings. The highest BCUT2D eigenvalue weighted by atomic mass is 16.2. The Hall–Kier alpha value is -2.10. The average Bonchev–Trinajstić information content (AvgIpc) is 2.85. The highest BCUT2D eigenvalue weighted by Crippen LogP contribution is 2.13. The molecule has 2 aromatic rings. The first-order valence-corrected chi connectivity index (χ1v) is 6.50. The summed E-state index contributed by atoms with van der Waals surface area (Å²) in [5, 5.41) is 7.06. The van der Waals surface area contributed by atoms with E-state index in [1.54, 1.807) is 10.9 Å². The zero-order chi connectivity index (χ0) is 13.8. The van der Waals surface area contributed by atoms with Gasteiger partial charge in [0, 0.05) is 11.9 Å². The molecule has 4 heteroatoms. The van der Waals surface area contributed by atoms with E-state index < -0.39 is 0 Å². The molecule has 0 bridgehead atoms. The van der Waals surface area contributed by atoms with Crippen LogP contribution in [0.25, 0.3) is 0 Å². The number of anilines is 1. The number of carbonyl (C=O) groups is 1. The van der Waals surface area contributed by atoms with Gasteiger partial charge >= 0.3 is 0 Å². The van der Waals surface area contributed by atoms with Gasteiger partial charge in [-0.1, -0.05) is 19.1 Å². The van der Waals surface area contributed by atoms with Crippen LogP contribution in [0.15, 0.2) is 36.7 Å². The summed E-state index contributed by atoms with van der Waals surface area (Å²) in [5.74, 6) is -0.0626. The van der Waals surface area contributed by atoms with Crippen LogP contribution in [0.2, 0.25) is 0 Å². The van der Waals surface area contributed by atoms with Gasteiger partial charge in [0.15, 0.2) is 0 Å². The van der Waals surface area contributed by atoms with Crippen molar-refractivity contribution in [3.05, 3.63) is 47.8 Å². The SMILES string of the molecule is CCc1ccc(NC(=O)C(C)n2cc(C)cn2)cc1. The first-order valence-electron chi connectivity index (χ1n) is 6.50. The first-order chi connectivity index (χ1) is 9.10. The van der Waals surface area contributed by atoms with Crippen LogP contribution in [-0.2, 0) is 11.2 Å². The number of benzene rings is 1. The third kappa shape index (κ3) is 3.22. The van der Waals surface area contributed by atoms with Gasteiger partial charge in [-0.2, -0.15) is 5.10 Å². The fourth-order valence-corrected chi connectivity index (χ4v) is 1.84. The van der Waals surface area contributed by atoms with Crippen molar-refractivity contribution in [2.24, 2.45) is 0 Å². The van der Waals surface area contributed by atoms with Crippen LogP contribution in [0.5, 0.6) is 0 Å². The summed E-state index contributed by atoms with van der Waals surface area (Å²) in [4.78, 5) is 12.1. The van der Waals surface area contributed by atoms with E-state index in [1.165, 1.54) is 5.56 Å². The molecule has 1 N–H and O–H groups in total. The number of rotatable bonds is 4. The lowest BCUT2D eigenvalue weighted by Crippen LogP contribution is -2.23. The third-order valence-electron chi connectivity index (χ3n) is 3.14. The standard InChI is InChI=1S/C15H19N3O/c1-4-13-5-7-14(8-6-13)17-15(19)12(3)18-10-11(2)9-16-18/h5-10,12H,4H2,1-3H3,(H,17,19). The van der Waals surface area contributed by atoms with E-state index in [0.717, 1.165) is 17.7 Å². The minimum Gasteiger partial charge on any atom is -0.324 e. The van der Waals surface area contributed by atoms with Crippen molar-refractivity contribution < 1.29 is 4.79 Å².